The first-order chi connectivity index (χ1) is 14.0. The van der Waals surface area contributed by atoms with Crippen molar-refractivity contribution in [2.75, 3.05) is 10.6 Å². The topological polar surface area (TPSA) is 76.1 Å². The minimum atomic E-state index is -0.288. The molecule has 1 amide bonds. The second-order valence-corrected chi connectivity index (χ2v) is 9.29. The second kappa shape index (κ2) is 10.3. The molecule has 2 aromatic carbocycles. The van der Waals surface area contributed by atoms with Gasteiger partial charge in [-0.3, -0.25) is 4.79 Å². The molecule has 1 heterocycles. The number of carbonyl (C=O) groups is 1. The number of ether oxygens (including phenoxy) is 1. The van der Waals surface area contributed by atoms with Crippen LogP contribution in [0.5, 0.6) is 5.75 Å². The maximum Gasteiger partial charge on any atom is 0.237 e. The Morgan fingerprint density at radius 2 is 1.79 bits per heavy atom. The number of nitrogens with one attached hydrogen (secondary N) is 2. The zero-order valence-corrected chi connectivity index (χ0v) is 18.2. The van der Waals surface area contributed by atoms with Crippen molar-refractivity contribution in [3.8, 4) is 5.75 Å². The van der Waals surface area contributed by atoms with E-state index in [9.17, 15) is 4.79 Å². The van der Waals surface area contributed by atoms with Crippen molar-refractivity contribution in [1.82, 2.24) is 10.2 Å². The van der Waals surface area contributed by atoms with Gasteiger partial charge in [0.25, 0.3) is 0 Å². The summed E-state index contributed by atoms with van der Waals surface area (Å²) in [6.45, 7) is 6.45. The van der Waals surface area contributed by atoms with Crippen molar-refractivity contribution in [2.45, 2.75) is 43.0 Å². The van der Waals surface area contributed by atoms with Gasteiger partial charge in [0.2, 0.25) is 11.0 Å². The fourth-order valence-electron chi connectivity index (χ4n) is 2.39. The molecule has 8 heteroatoms. The lowest BCUT2D eigenvalue weighted by molar-refractivity contribution is -0.115. The van der Waals surface area contributed by atoms with E-state index in [1.165, 1.54) is 23.1 Å². The van der Waals surface area contributed by atoms with E-state index in [1.807, 2.05) is 75.4 Å². The molecule has 0 bridgehead atoms. The summed E-state index contributed by atoms with van der Waals surface area (Å²) in [6, 6.07) is 17.7. The molecule has 29 heavy (non-hydrogen) atoms. The van der Waals surface area contributed by atoms with Gasteiger partial charge in [-0.1, -0.05) is 53.4 Å². The second-order valence-electron chi connectivity index (χ2n) is 6.72. The lowest BCUT2D eigenvalue weighted by atomic mass is 10.2. The molecular weight excluding hydrogens is 404 g/mol. The maximum atomic E-state index is 12.5. The summed E-state index contributed by atoms with van der Waals surface area (Å²) < 4.78 is 6.54. The molecule has 0 aliphatic carbocycles. The van der Waals surface area contributed by atoms with Gasteiger partial charge in [-0.05, 0) is 50.6 Å². The van der Waals surface area contributed by atoms with Gasteiger partial charge in [-0.15, -0.1) is 10.2 Å². The van der Waals surface area contributed by atoms with E-state index >= 15 is 0 Å². The maximum absolute atomic E-state index is 12.5. The summed E-state index contributed by atoms with van der Waals surface area (Å²) in [7, 11) is 0. The Morgan fingerprint density at radius 3 is 2.48 bits per heavy atom. The minimum absolute atomic E-state index is 0.0819. The molecule has 3 rings (SSSR count). The third-order valence-corrected chi connectivity index (χ3v) is 5.87. The van der Waals surface area contributed by atoms with Crippen LogP contribution in [0, 0.1) is 0 Å². The van der Waals surface area contributed by atoms with Gasteiger partial charge in [0.05, 0.1) is 5.25 Å². The average molecular weight is 429 g/mol. The van der Waals surface area contributed by atoms with E-state index in [4.69, 9.17) is 4.74 Å². The van der Waals surface area contributed by atoms with Crippen LogP contribution >= 0.6 is 23.1 Å². The SMILES string of the molecule is CC(C)Nc1nnc(SC(C)C(=O)Nc2ccc(OCc3ccccc3)cc2)s1. The molecule has 6 nitrogen and oxygen atoms in total. The summed E-state index contributed by atoms with van der Waals surface area (Å²) in [4.78, 5) is 12.5. The third kappa shape index (κ3) is 6.76. The highest BCUT2D eigenvalue weighted by Crippen LogP contribution is 2.29. The monoisotopic (exact) mass is 428 g/mol. The minimum Gasteiger partial charge on any atom is -0.489 e. The first kappa shape index (κ1) is 21.1. The molecule has 0 saturated carbocycles. The summed E-state index contributed by atoms with van der Waals surface area (Å²) in [5, 5.41) is 14.8. The number of nitrogens with zero attached hydrogens (tertiary/aromatic N) is 2. The van der Waals surface area contributed by atoms with Crippen LogP contribution in [0.3, 0.4) is 0 Å². The number of thioether (sulfide) groups is 1. The molecule has 1 atom stereocenters. The van der Waals surface area contributed by atoms with Crippen molar-refractivity contribution >= 4 is 39.8 Å². The van der Waals surface area contributed by atoms with Crippen LogP contribution in [-0.2, 0) is 11.4 Å². The van der Waals surface area contributed by atoms with Gasteiger partial charge >= 0.3 is 0 Å². The van der Waals surface area contributed by atoms with Gasteiger partial charge < -0.3 is 15.4 Å². The fraction of sp³-hybridized carbons (Fsp3) is 0.286. The molecule has 1 unspecified atom stereocenters. The van der Waals surface area contributed by atoms with Gasteiger partial charge in [0, 0.05) is 11.7 Å². The number of carbonyl (C=O) groups excluding carboxylic acids is 1. The van der Waals surface area contributed by atoms with Crippen LogP contribution in [0.15, 0.2) is 58.9 Å². The molecule has 0 saturated heterocycles. The molecule has 3 aromatic rings. The number of aromatic nitrogens is 2. The predicted octanol–water partition coefficient (Wildman–Crippen LogP) is 5.06. The summed E-state index contributed by atoms with van der Waals surface area (Å²) >= 11 is 2.85. The highest BCUT2D eigenvalue weighted by atomic mass is 32.2. The van der Waals surface area contributed by atoms with E-state index in [0.29, 0.717) is 12.6 Å². The largest absolute Gasteiger partial charge is 0.489 e. The summed E-state index contributed by atoms with van der Waals surface area (Å²) in [6.07, 6.45) is 0. The molecule has 1 aromatic heterocycles. The number of hydrogen-bond acceptors (Lipinski definition) is 7. The van der Waals surface area contributed by atoms with Gasteiger partial charge in [0.1, 0.15) is 12.4 Å². The van der Waals surface area contributed by atoms with Crippen molar-refractivity contribution in [1.29, 1.82) is 0 Å². The Kier molecular flexibility index (Phi) is 7.48. The highest BCUT2D eigenvalue weighted by Gasteiger charge is 2.17. The number of anilines is 2. The Morgan fingerprint density at radius 1 is 1.07 bits per heavy atom. The van der Waals surface area contributed by atoms with E-state index in [2.05, 4.69) is 20.8 Å². The molecule has 0 fully saturated rings. The molecule has 0 radical (unpaired) electrons. The van der Waals surface area contributed by atoms with Crippen molar-refractivity contribution in [3.63, 3.8) is 0 Å². The molecule has 2 N–H and O–H groups in total. The summed E-state index contributed by atoms with van der Waals surface area (Å²) in [5.41, 5.74) is 1.84. The van der Waals surface area contributed by atoms with Crippen LogP contribution in [-0.4, -0.2) is 27.4 Å². The zero-order chi connectivity index (χ0) is 20.6. The first-order valence-electron chi connectivity index (χ1n) is 9.34. The van der Waals surface area contributed by atoms with E-state index < -0.39 is 0 Å². The van der Waals surface area contributed by atoms with Crippen molar-refractivity contribution in [3.05, 3.63) is 60.2 Å². The Bertz CT molecular complexity index is 914. The van der Waals surface area contributed by atoms with E-state index in [-0.39, 0.29) is 11.2 Å². The van der Waals surface area contributed by atoms with E-state index in [1.54, 1.807) is 0 Å². The Labute approximate surface area is 179 Å². The van der Waals surface area contributed by atoms with Crippen LogP contribution < -0.4 is 15.4 Å². The van der Waals surface area contributed by atoms with E-state index in [0.717, 1.165) is 26.5 Å². The number of amides is 1. The van der Waals surface area contributed by atoms with Gasteiger partial charge in [-0.25, -0.2) is 0 Å². The average Bonchev–Trinajstić information content (AvgIpc) is 3.14. The van der Waals surface area contributed by atoms with Crippen LogP contribution in [0.2, 0.25) is 0 Å². The van der Waals surface area contributed by atoms with Gasteiger partial charge in [0.15, 0.2) is 4.34 Å². The predicted molar refractivity (Wildman–Crippen MR) is 120 cm³/mol. The number of rotatable bonds is 9. The first-order valence-corrected chi connectivity index (χ1v) is 11.0. The smallest absolute Gasteiger partial charge is 0.237 e. The lowest BCUT2D eigenvalue weighted by Crippen LogP contribution is -2.22. The molecule has 152 valence electrons. The Balaban J connectivity index is 1.48. The highest BCUT2D eigenvalue weighted by molar-refractivity contribution is 8.02. The molecular formula is C21H24N4O2S2. The third-order valence-electron chi connectivity index (χ3n) is 3.84. The normalized spacial score (nSPS) is 11.9. The van der Waals surface area contributed by atoms with Gasteiger partial charge in [-0.2, -0.15) is 0 Å². The standard InChI is InChI=1S/C21H24N4O2S2/c1-14(2)22-20-24-25-21(29-20)28-15(3)19(26)23-17-9-11-18(12-10-17)27-13-16-7-5-4-6-8-16/h4-12,14-15H,13H2,1-3H3,(H,22,24)(H,23,26). The Hall–Kier alpha value is -2.58. The van der Waals surface area contributed by atoms with Crippen LogP contribution in [0.25, 0.3) is 0 Å². The molecule has 0 spiro atoms. The number of benzene rings is 2. The zero-order valence-electron chi connectivity index (χ0n) is 16.6. The van der Waals surface area contributed by atoms with Crippen LogP contribution in [0.1, 0.15) is 26.3 Å². The molecule has 0 aliphatic rings. The van der Waals surface area contributed by atoms with Crippen molar-refractivity contribution in [2.24, 2.45) is 0 Å². The number of hydrogen-bond donors (Lipinski definition) is 2. The van der Waals surface area contributed by atoms with Crippen LogP contribution in [0.4, 0.5) is 10.8 Å². The lowest BCUT2D eigenvalue weighted by Gasteiger charge is -2.11. The van der Waals surface area contributed by atoms with Crippen molar-refractivity contribution < 1.29 is 9.53 Å². The fourth-order valence-corrected chi connectivity index (χ4v) is 4.43. The summed E-state index contributed by atoms with van der Waals surface area (Å²) in [5.74, 6) is 0.676. The molecule has 0 aliphatic heterocycles. The quantitative estimate of drug-likeness (QED) is 0.464.